The Morgan fingerprint density at radius 3 is 2.35 bits per heavy atom. The molecule has 0 spiro atoms. The molecule has 0 radical (unpaired) electrons. The average Bonchev–Trinajstić information content (AvgIpc) is 3.12. The summed E-state index contributed by atoms with van der Waals surface area (Å²) in [6.07, 6.45) is 0.726. The van der Waals surface area contributed by atoms with Gasteiger partial charge in [0.1, 0.15) is 0 Å². The van der Waals surface area contributed by atoms with Crippen LogP contribution in [0.2, 0.25) is 0 Å². The van der Waals surface area contributed by atoms with E-state index in [0.29, 0.717) is 55.1 Å². The maximum absolute atomic E-state index is 13.4. The van der Waals surface area contributed by atoms with E-state index >= 15 is 0 Å². The van der Waals surface area contributed by atoms with Gasteiger partial charge in [-0.25, -0.2) is 4.98 Å². The lowest BCUT2D eigenvalue weighted by Crippen LogP contribution is -2.37. The van der Waals surface area contributed by atoms with Gasteiger partial charge in [0.25, 0.3) is 11.8 Å². The predicted molar refractivity (Wildman–Crippen MR) is 138 cm³/mol. The molecule has 0 aliphatic heterocycles. The molecule has 3 N–H and O–H groups in total. The smallest absolute Gasteiger partial charge is 0.257 e. The number of nitrogens with zero attached hydrogens (tertiary/aromatic N) is 3. The van der Waals surface area contributed by atoms with Crippen LogP contribution in [0.4, 0.5) is 5.95 Å². The zero-order valence-corrected chi connectivity index (χ0v) is 21.0. The second kappa shape index (κ2) is 11.3. The fourth-order valence-electron chi connectivity index (χ4n) is 4.09. The quantitative estimate of drug-likeness (QED) is 0.456. The van der Waals surface area contributed by atoms with Crippen LogP contribution in [-0.4, -0.2) is 45.9 Å². The average molecular weight is 464 g/mol. The fraction of sp³-hybridized carbons (Fsp3) is 0.444. The van der Waals surface area contributed by atoms with Crippen molar-refractivity contribution in [2.75, 3.05) is 25.0 Å². The van der Waals surface area contributed by atoms with Crippen LogP contribution in [0.1, 0.15) is 60.4 Å². The maximum Gasteiger partial charge on any atom is 0.257 e. The van der Waals surface area contributed by atoms with Crippen LogP contribution in [-0.2, 0) is 6.54 Å². The molecule has 0 bridgehead atoms. The summed E-state index contributed by atoms with van der Waals surface area (Å²) in [4.78, 5) is 32.9. The lowest BCUT2D eigenvalue weighted by molar-refractivity contribution is 0.0715. The molecule has 0 aliphatic carbocycles. The van der Waals surface area contributed by atoms with Crippen molar-refractivity contribution in [2.45, 2.75) is 47.6 Å². The van der Waals surface area contributed by atoms with Crippen LogP contribution in [0.25, 0.3) is 11.0 Å². The van der Waals surface area contributed by atoms with Gasteiger partial charge in [-0.05, 0) is 62.1 Å². The Hall–Kier alpha value is -3.19. The molecular formula is C27H37N5O2. The largest absolute Gasteiger partial charge is 0.338 e. The maximum atomic E-state index is 13.4. The summed E-state index contributed by atoms with van der Waals surface area (Å²) in [5, 5.41) is 2.95. The van der Waals surface area contributed by atoms with Crippen molar-refractivity contribution in [3.8, 4) is 0 Å². The third-order valence-corrected chi connectivity index (χ3v) is 5.54. The standard InChI is InChI=1S/C27H37N5O2/c1-18(2)16-31(17-19(3)4)26(34)22-10-11-23-24(15-22)32(13-7-12-28)27(29-23)30-25(33)21-9-6-8-20(5)14-21/h6,8-11,14-15,18-19H,7,12-13,16-17,28H2,1-5H3,(H,29,30,33). The number of imidazole rings is 1. The molecule has 2 aromatic carbocycles. The molecule has 7 nitrogen and oxygen atoms in total. The minimum Gasteiger partial charge on any atom is -0.338 e. The van der Waals surface area contributed by atoms with E-state index in [2.05, 4.69) is 38.0 Å². The van der Waals surface area contributed by atoms with E-state index in [9.17, 15) is 9.59 Å². The molecule has 0 atom stereocenters. The second-order valence-electron chi connectivity index (χ2n) is 9.75. The summed E-state index contributed by atoms with van der Waals surface area (Å²) < 4.78 is 1.95. The van der Waals surface area contributed by atoms with Gasteiger partial charge in [0, 0.05) is 30.8 Å². The zero-order valence-electron chi connectivity index (χ0n) is 21.0. The molecule has 7 heteroatoms. The number of aryl methyl sites for hydroxylation is 2. The number of hydrogen-bond acceptors (Lipinski definition) is 4. The predicted octanol–water partition coefficient (Wildman–Crippen LogP) is 4.70. The third-order valence-electron chi connectivity index (χ3n) is 5.54. The highest BCUT2D eigenvalue weighted by molar-refractivity contribution is 6.04. The van der Waals surface area contributed by atoms with Gasteiger partial charge in [-0.1, -0.05) is 45.4 Å². The van der Waals surface area contributed by atoms with E-state index in [1.165, 1.54) is 0 Å². The van der Waals surface area contributed by atoms with Crippen molar-refractivity contribution < 1.29 is 9.59 Å². The van der Waals surface area contributed by atoms with Crippen molar-refractivity contribution in [3.63, 3.8) is 0 Å². The summed E-state index contributed by atoms with van der Waals surface area (Å²) in [7, 11) is 0. The minimum absolute atomic E-state index is 0.0150. The Morgan fingerprint density at radius 1 is 1.03 bits per heavy atom. The third kappa shape index (κ3) is 6.23. The summed E-state index contributed by atoms with van der Waals surface area (Å²) >= 11 is 0. The Balaban J connectivity index is 1.97. The number of fused-ring (bicyclic) bond motifs is 1. The molecule has 34 heavy (non-hydrogen) atoms. The van der Waals surface area contributed by atoms with Crippen LogP contribution in [0.3, 0.4) is 0 Å². The van der Waals surface area contributed by atoms with Crippen molar-refractivity contribution in [2.24, 2.45) is 17.6 Å². The van der Waals surface area contributed by atoms with Crippen LogP contribution in [0.5, 0.6) is 0 Å². The zero-order chi connectivity index (χ0) is 24.8. The van der Waals surface area contributed by atoms with Gasteiger partial charge in [-0.15, -0.1) is 0 Å². The van der Waals surface area contributed by atoms with E-state index in [0.717, 1.165) is 23.0 Å². The van der Waals surface area contributed by atoms with Crippen molar-refractivity contribution in [3.05, 3.63) is 59.2 Å². The number of nitrogens with two attached hydrogens (primary N) is 1. The Bertz CT molecular complexity index is 1140. The van der Waals surface area contributed by atoms with Gasteiger partial charge in [0.05, 0.1) is 11.0 Å². The highest BCUT2D eigenvalue weighted by Crippen LogP contribution is 2.24. The number of anilines is 1. The van der Waals surface area contributed by atoms with Gasteiger partial charge >= 0.3 is 0 Å². The first-order valence-corrected chi connectivity index (χ1v) is 12.1. The first kappa shape index (κ1) is 25.4. The van der Waals surface area contributed by atoms with Crippen LogP contribution < -0.4 is 11.1 Å². The number of carbonyl (C=O) groups is 2. The van der Waals surface area contributed by atoms with E-state index in [1.54, 1.807) is 6.07 Å². The number of nitrogens with one attached hydrogen (secondary N) is 1. The molecule has 0 unspecified atom stereocenters. The van der Waals surface area contributed by atoms with Crippen molar-refractivity contribution in [1.29, 1.82) is 0 Å². The number of carbonyl (C=O) groups excluding carboxylic acids is 2. The summed E-state index contributed by atoms with van der Waals surface area (Å²) in [6.45, 7) is 13.0. The Labute approximate surface area is 202 Å². The Morgan fingerprint density at radius 2 is 1.74 bits per heavy atom. The monoisotopic (exact) mass is 463 g/mol. The number of hydrogen-bond donors (Lipinski definition) is 2. The van der Waals surface area contributed by atoms with Crippen molar-refractivity contribution >= 4 is 28.8 Å². The first-order valence-electron chi connectivity index (χ1n) is 12.1. The minimum atomic E-state index is -0.218. The van der Waals surface area contributed by atoms with E-state index in [4.69, 9.17) is 5.73 Å². The SMILES string of the molecule is Cc1cccc(C(=O)Nc2nc3ccc(C(=O)N(CC(C)C)CC(C)C)cc3n2CCCN)c1. The molecule has 0 fully saturated rings. The first-order chi connectivity index (χ1) is 16.2. The molecular weight excluding hydrogens is 426 g/mol. The Kier molecular flexibility index (Phi) is 8.45. The van der Waals surface area contributed by atoms with Crippen LogP contribution in [0, 0.1) is 18.8 Å². The molecule has 3 rings (SSSR count). The molecule has 1 heterocycles. The van der Waals surface area contributed by atoms with E-state index < -0.39 is 0 Å². The number of amides is 2. The summed E-state index contributed by atoms with van der Waals surface area (Å²) in [5.41, 5.74) is 9.53. The number of benzene rings is 2. The molecule has 0 saturated carbocycles. The molecule has 0 saturated heterocycles. The summed E-state index contributed by atoms with van der Waals surface area (Å²) in [5.74, 6) is 1.02. The van der Waals surface area contributed by atoms with E-state index in [-0.39, 0.29) is 11.8 Å². The molecule has 2 amide bonds. The second-order valence-corrected chi connectivity index (χ2v) is 9.75. The van der Waals surface area contributed by atoms with Gasteiger partial charge < -0.3 is 15.2 Å². The summed E-state index contributed by atoms with van der Waals surface area (Å²) in [6, 6.07) is 13.0. The van der Waals surface area contributed by atoms with Crippen LogP contribution in [0.15, 0.2) is 42.5 Å². The van der Waals surface area contributed by atoms with Crippen LogP contribution >= 0.6 is 0 Å². The molecule has 182 valence electrons. The van der Waals surface area contributed by atoms with Gasteiger partial charge in [-0.2, -0.15) is 0 Å². The highest BCUT2D eigenvalue weighted by Gasteiger charge is 2.21. The molecule has 0 aliphatic rings. The van der Waals surface area contributed by atoms with Gasteiger partial charge in [0.2, 0.25) is 5.95 Å². The number of aromatic nitrogens is 2. The fourth-order valence-corrected chi connectivity index (χ4v) is 4.09. The normalized spacial score (nSPS) is 11.4. The molecule has 1 aromatic heterocycles. The highest BCUT2D eigenvalue weighted by atomic mass is 16.2. The van der Waals surface area contributed by atoms with Gasteiger partial charge in [-0.3, -0.25) is 14.9 Å². The number of rotatable bonds is 10. The van der Waals surface area contributed by atoms with E-state index in [1.807, 2.05) is 52.8 Å². The lowest BCUT2D eigenvalue weighted by atomic mass is 10.1. The van der Waals surface area contributed by atoms with Crippen molar-refractivity contribution in [1.82, 2.24) is 14.5 Å². The molecule has 3 aromatic rings. The topological polar surface area (TPSA) is 93.2 Å². The lowest BCUT2D eigenvalue weighted by Gasteiger charge is -2.26. The van der Waals surface area contributed by atoms with Gasteiger partial charge in [0.15, 0.2) is 0 Å².